The fraction of sp³-hybridized carbons (Fsp3) is 0.556. The van der Waals surface area contributed by atoms with Crippen LogP contribution in [-0.4, -0.2) is 50.9 Å². The number of benzene rings is 2. The molecule has 8 rings (SSSR count). The van der Waals surface area contributed by atoms with Crippen LogP contribution in [0.3, 0.4) is 0 Å². The van der Waals surface area contributed by atoms with Crippen LogP contribution in [0.15, 0.2) is 42.6 Å². The first kappa shape index (κ1) is 28.4. The lowest BCUT2D eigenvalue weighted by atomic mass is 9.70. The number of aromatic amines is 1. The van der Waals surface area contributed by atoms with Crippen LogP contribution < -0.4 is 5.46 Å². The summed E-state index contributed by atoms with van der Waals surface area (Å²) in [4.78, 5) is 23.3. The fourth-order valence-electron chi connectivity index (χ4n) is 8.24. The van der Waals surface area contributed by atoms with Crippen molar-refractivity contribution in [2.24, 2.45) is 5.92 Å². The Balaban J connectivity index is 1.06. The maximum Gasteiger partial charge on any atom is 0.495 e. The third-order valence-electron chi connectivity index (χ3n) is 11.2. The number of fused-ring (bicyclic) bond motifs is 6. The van der Waals surface area contributed by atoms with Gasteiger partial charge in [-0.05, 0) is 132 Å². The van der Waals surface area contributed by atoms with Crippen molar-refractivity contribution < 1.29 is 18.8 Å². The second-order valence-electron chi connectivity index (χ2n) is 15.8. The van der Waals surface area contributed by atoms with Gasteiger partial charge in [0.1, 0.15) is 11.4 Å². The molecule has 230 valence electrons. The van der Waals surface area contributed by atoms with Gasteiger partial charge in [-0.2, -0.15) is 0 Å². The van der Waals surface area contributed by atoms with E-state index in [9.17, 15) is 4.79 Å². The maximum absolute atomic E-state index is 13.1. The number of aromatic nitrogens is 2. The van der Waals surface area contributed by atoms with Crippen molar-refractivity contribution in [3.8, 4) is 22.4 Å². The molecule has 1 amide bonds. The topological polar surface area (TPSA) is 76.7 Å². The number of likely N-dealkylation sites (tertiary alicyclic amines) is 1. The molecule has 1 N–H and O–H groups in total. The normalized spacial score (nSPS) is 29.2. The molecular weight excluding hydrogens is 549 g/mol. The SMILES string of the molecule is CC(C)(C)OC(=O)N1C(c2ncc(-c3ccc(-c4ccc(B5OC(C)(C)C(C)(C)O5)c5c4C4CCC5C4)cc3)[nH]2)CC2CC21. The van der Waals surface area contributed by atoms with Crippen LogP contribution in [0.1, 0.15) is 115 Å². The van der Waals surface area contributed by atoms with Gasteiger partial charge in [0.15, 0.2) is 0 Å². The van der Waals surface area contributed by atoms with E-state index in [1.165, 1.54) is 47.0 Å². The summed E-state index contributed by atoms with van der Waals surface area (Å²) in [5.41, 5.74) is 7.62. The van der Waals surface area contributed by atoms with Gasteiger partial charge in [-0.15, -0.1) is 0 Å². The minimum atomic E-state index is -0.517. The van der Waals surface area contributed by atoms with Crippen molar-refractivity contribution in [1.29, 1.82) is 0 Å². The predicted molar refractivity (Wildman–Crippen MR) is 172 cm³/mol. The number of imidazole rings is 1. The molecule has 3 aliphatic carbocycles. The van der Waals surface area contributed by atoms with E-state index in [0.717, 1.165) is 29.9 Å². The zero-order chi connectivity index (χ0) is 30.8. The summed E-state index contributed by atoms with van der Waals surface area (Å²) in [6, 6.07) is 13.6. The number of hydrogen-bond acceptors (Lipinski definition) is 5. The van der Waals surface area contributed by atoms with E-state index in [1.54, 1.807) is 0 Å². The summed E-state index contributed by atoms with van der Waals surface area (Å²) in [5, 5.41) is 0. The predicted octanol–water partition coefficient (Wildman–Crippen LogP) is 7.48. The van der Waals surface area contributed by atoms with Crippen molar-refractivity contribution in [1.82, 2.24) is 14.9 Å². The highest BCUT2D eigenvalue weighted by molar-refractivity contribution is 6.62. The highest BCUT2D eigenvalue weighted by Gasteiger charge is 2.56. The molecule has 0 radical (unpaired) electrons. The molecule has 4 fully saturated rings. The molecule has 2 aromatic carbocycles. The summed E-state index contributed by atoms with van der Waals surface area (Å²) in [6.07, 6.45) is 7.41. The Morgan fingerprint density at radius 1 is 0.932 bits per heavy atom. The Morgan fingerprint density at radius 2 is 1.59 bits per heavy atom. The van der Waals surface area contributed by atoms with Gasteiger partial charge in [0.2, 0.25) is 0 Å². The van der Waals surface area contributed by atoms with Crippen molar-refractivity contribution in [2.45, 2.75) is 121 Å². The van der Waals surface area contributed by atoms with Gasteiger partial charge in [0, 0.05) is 6.04 Å². The number of carbonyl (C=O) groups is 1. The number of nitrogens with zero attached hydrogens (tertiary/aromatic N) is 2. The summed E-state index contributed by atoms with van der Waals surface area (Å²) < 4.78 is 18.8. The summed E-state index contributed by atoms with van der Waals surface area (Å²) in [6.45, 7) is 14.3. The highest BCUT2D eigenvalue weighted by atomic mass is 16.7. The lowest BCUT2D eigenvalue weighted by molar-refractivity contribution is 0.00578. The zero-order valence-corrected chi connectivity index (χ0v) is 27.1. The first-order chi connectivity index (χ1) is 20.8. The lowest BCUT2D eigenvalue weighted by Crippen LogP contribution is -2.41. The third kappa shape index (κ3) is 4.46. The maximum atomic E-state index is 13.1. The van der Waals surface area contributed by atoms with Gasteiger partial charge < -0.3 is 19.0 Å². The van der Waals surface area contributed by atoms with Crippen molar-refractivity contribution in [3.05, 3.63) is 59.5 Å². The van der Waals surface area contributed by atoms with Crippen LogP contribution in [0.4, 0.5) is 4.79 Å². The number of rotatable bonds is 4. The molecule has 7 nitrogen and oxygen atoms in total. The molecule has 1 aromatic heterocycles. The Bertz CT molecular complexity index is 1620. The third-order valence-corrected chi connectivity index (χ3v) is 11.2. The van der Waals surface area contributed by atoms with Gasteiger partial charge in [-0.1, -0.05) is 36.4 Å². The van der Waals surface area contributed by atoms with Gasteiger partial charge in [0.05, 0.1) is 29.1 Å². The van der Waals surface area contributed by atoms with E-state index in [4.69, 9.17) is 19.0 Å². The van der Waals surface area contributed by atoms with Crippen LogP contribution >= 0.6 is 0 Å². The average Bonchev–Trinajstić information content (AvgIpc) is 3.48. The van der Waals surface area contributed by atoms with Gasteiger partial charge in [-0.25, -0.2) is 9.78 Å². The Hall–Kier alpha value is -3.10. The van der Waals surface area contributed by atoms with E-state index in [-0.39, 0.29) is 36.5 Å². The minimum absolute atomic E-state index is 0.0675. The standard InChI is InChI=1S/C36H44BN3O4/c1-34(2,3)42-33(41)40-28-17-24(28)18-29(40)32-38-19-27(39-32)21-10-8-20(9-11-21)25-14-15-26(31-23-13-12-22(16-23)30(25)31)37-43-35(4,5)36(6,7)44-37/h8-11,14-15,19,22-24,28-29H,12-13,16-18H2,1-7H3,(H,38,39). The monoisotopic (exact) mass is 593 g/mol. The Labute approximate surface area is 261 Å². The van der Waals surface area contributed by atoms with E-state index in [2.05, 4.69) is 69.1 Å². The number of ether oxygens (including phenoxy) is 1. The highest BCUT2D eigenvalue weighted by Crippen LogP contribution is 2.56. The number of H-pyrrole nitrogens is 1. The summed E-state index contributed by atoms with van der Waals surface area (Å²) >= 11 is 0. The molecule has 2 saturated carbocycles. The molecule has 2 bridgehead atoms. The number of hydrogen-bond donors (Lipinski definition) is 1. The second kappa shape index (κ2) is 9.46. The Morgan fingerprint density at radius 3 is 2.27 bits per heavy atom. The van der Waals surface area contributed by atoms with Crippen LogP contribution in [0.5, 0.6) is 0 Å². The molecule has 44 heavy (non-hydrogen) atoms. The van der Waals surface area contributed by atoms with E-state index in [0.29, 0.717) is 17.8 Å². The molecule has 5 atom stereocenters. The van der Waals surface area contributed by atoms with Crippen LogP contribution in [-0.2, 0) is 14.0 Å². The molecule has 2 saturated heterocycles. The van der Waals surface area contributed by atoms with Crippen molar-refractivity contribution in [3.63, 3.8) is 0 Å². The molecule has 8 heteroatoms. The second-order valence-corrected chi connectivity index (χ2v) is 15.8. The molecular formula is C36H44BN3O4. The summed E-state index contributed by atoms with van der Waals surface area (Å²) in [5.74, 6) is 2.59. The van der Waals surface area contributed by atoms with Crippen molar-refractivity contribution >= 4 is 18.7 Å². The zero-order valence-electron chi connectivity index (χ0n) is 27.1. The molecule has 0 spiro atoms. The minimum Gasteiger partial charge on any atom is -0.444 e. The van der Waals surface area contributed by atoms with Crippen molar-refractivity contribution in [2.75, 3.05) is 0 Å². The molecule has 2 aliphatic heterocycles. The van der Waals surface area contributed by atoms with Gasteiger partial charge in [-0.3, -0.25) is 4.90 Å². The van der Waals surface area contributed by atoms with E-state index < -0.39 is 5.60 Å². The molecule has 5 unspecified atom stereocenters. The summed E-state index contributed by atoms with van der Waals surface area (Å²) in [7, 11) is -0.323. The van der Waals surface area contributed by atoms with Crippen LogP contribution in [0, 0.1) is 5.92 Å². The number of carbonyl (C=O) groups excluding carboxylic acids is 1. The largest absolute Gasteiger partial charge is 0.495 e. The number of nitrogens with one attached hydrogen (secondary N) is 1. The first-order valence-corrected chi connectivity index (χ1v) is 16.5. The van der Waals surface area contributed by atoms with E-state index in [1.807, 2.05) is 31.9 Å². The van der Waals surface area contributed by atoms with Crippen LogP contribution in [0.2, 0.25) is 0 Å². The molecule has 3 heterocycles. The van der Waals surface area contributed by atoms with Gasteiger partial charge >= 0.3 is 13.2 Å². The number of piperidine rings is 1. The Kier molecular flexibility index (Phi) is 6.10. The fourth-order valence-corrected chi connectivity index (χ4v) is 8.24. The quantitative estimate of drug-likeness (QED) is 0.318. The molecule has 5 aliphatic rings. The first-order valence-electron chi connectivity index (χ1n) is 16.5. The van der Waals surface area contributed by atoms with Gasteiger partial charge in [0.25, 0.3) is 0 Å². The molecule has 3 aromatic rings. The van der Waals surface area contributed by atoms with Crippen LogP contribution in [0.25, 0.3) is 22.4 Å². The van der Waals surface area contributed by atoms with E-state index >= 15 is 0 Å². The lowest BCUT2D eigenvalue weighted by Gasteiger charge is -2.32. The smallest absolute Gasteiger partial charge is 0.444 e. The average molecular weight is 594 g/mol. The number of amides is 1.